The molecule has 0 spiro atoms. The normalized spacial score (nSPS) is 12.1. The van der Waals surface area contributed by atoms with Crippen LogP contribution in [0.5, 0.6) is 11.5 Å². The molecule has 1 atom stereocenters. The molecule has 0 aliphatic heterocycles. The molecule has 3 aromatic carbocycles. The Kier molecular flexibility index (Phi) is 8.40. The van der Waals surface area contributed by atoms with Crippen LogP contribution >= 0.6 is 23.2 Å². The zero-order valence-corrected chi connectivity index (χ0v) is 20.5. The van der Waals surface area contributed by atoms with Crippen molar-refractivity contribution in [2.75, 3.05) is 26.1 Å². The number of carbonyl (C=O) groups excluding carboxylic acids is 1. The molecular weight excluding hydrogens is 503 g/mol. The molecule has 0 saturated carbocycles. The second-order valence-electron chi connectivity index (χ2n) is 7.02. The highest BCUT2D eigenvalue weighted by Gasteiger charge is 2.24. The van der Waals surface area contributed by atoms with Crippen LogP contribution < -0.4 is 19.5 Å². The molecule has 1 amide bonds. The maximum atomic E-state index is 12.8. The van der Waals surface area contributed by atoms with E-state index in [0.717, 1.165) is 0 Å². The number of nitrogens with one attached hydrogen (secondary N) is 2. The van der Waals surface area contributed by atoms with Crippen molar-refractivity contribution in [3.05, 3.63) is 81.8 Å². The topological polar surface area (TPSA) is 114 Å². The Balaban J connectivity index is 1.79. The number of ether oxygens (including phenoxy) is 2. The molecule has 3 rings (SSSR count). The van der Waals surface area contributed by atoms with Gasteiger partial charge in [0.1, 0.15) is 11.0 Å². The number of sulfonamides is 1. The van der Waals surface area contributed by atoms with Crippen molar-refractivity contribution in [3.63, 3.8) is 0 Å². The van der Waals surface area contributed by atoms with Gasteiger partial charge in [0.2, 0.25) is 15.9 Å². The molecule has 11 heteroatoms. The number of aliphatic hydroxyl groups is 1. The van der Waals surface area contributed by atoms with Crippen LogP contribution in [0.2, 0.25) is 10.0 Å². The van der Waals surface area contributed by atoms with Gasteiger partial charge < -0.3 is 19.9 Å². The van der Waals surface area contributed by atoms with Crippen LogP contribution in [-0.2, 0) is 14.8 Å². The Labute approximate surface area is 207 Å². The SMILES string of the molecule is COc1cccc(S(=O)(=O)NCC(=O)Nc2ccc(Cl)cc2C(O)c2ccccc2Cl)c1OC. The van der Waals surface area contributed by atoms with E-state index < -0.39 is 28.6 Å². The Hall–Kier alpha value is -2.82. The molecule has 0 aromatic heterocycles. The molecular formula is C23H22Cl2N2O6S. The summed E-state index contributed by atoms with van der Waals surface area (Å²) in [5.74, 6) is -0.421. The van der Waals surface area contributed by atoms with Gasteiger partial charge in [-0.05, 0) is 36.4 Å². The van der Waals surface area contributed by atoms with E-state index in [4.69, 9.17) is 32.7 Å². The Morgan fingerprint density at radius 1 is 1.00 bits per heavy atom. The first kappa shape index (κ1) is 25.8. The molecule has 8 nitrogen and oxygen atoms in total. The number of carbonyl (C=O) groups is 1. The first-order valence-corrected chi connectivity index (χ1v) is 12.1. The number of halogens is 2. The molecule has 1 unspecified atom stereocenters. The summed E-state index contributed by atoms with van der Waals surface area (Å²) in [5, 5.41) is 14.2. The third kappa shape index (κ3) is 5.81. The standard InChI is InChI=1S/C23H22Cl2N2O6S/c1-32-19-8-5-9-20(23(19)33-2)34(30,31)26-13-21(28)27-18-11-10-14(24)12-16(18)22(29)15-6-3-4-7-17(15)25/h3-12,22,26,29H,13H2,1-2H3,(H,27,28). The third-order valence-corrected chi connectivity index (χ3v) is 6.87. The van der Waals surface area contributed by atoms with Crippen LogP contribution in [0.1, 0.15) is 17.2 Å². The first-order valence-electron chi connectivity index (χ1n) is 9.90. The Morgan fingerprint density at radius 3 is 2.41 bits per heavy atom. The number of rotatable bonds is 9. The number of hydrogen-bond acceptors (Lipinski definition) is 6. The van der Waals surface area contributed by atoms with E-state index in [-0.39, 0.29) is 22.1 Å². The smallest absolute Gasteiger partial charge is 0.244 e. The van der Waals surface area contributed by atoms with E-state index >= 15 is 0 Å². The van der Waals surface area contributed by atoms with Crippen LogP contribution in [0.25, 0.3) is 0 Å². The van der Waals surface area contributed by atoms with Gasteiger partial charge >= 0.3 is 0 Å². The second kappa shape index (κ2) is 11.1. The van der Waals surface area contributed by atoms with Crippen molar-refractivity contribution in [1.82, 2.24) is 4.72 Å². The largest absolute Gasteiger partial charge is 0.493 e. The highest BCUT2D eigenvalue weighted by atomic mass is 35.5. The maximum Gasteiger partial charge on any atom is 0.244 e. The van der Waals surface area contributed by atoms with Crippen molar-refractivity contribution >= 4 is 44.8 Å². The van der Waals surface area contributed by atoms with Gasteiger partial charge in [0.15, 0.2) is 11.5 Å². The van der Waals surface area contributed by atoms with E-state index in [0.29, 0.717) is 21.2 Å². The molecule has 0 fully saturated rings. The predicted octanol–water partition coefficient (Wildman–Crippen LogP) is 4.01. The van der Waals surface area contributed by atoms with Gasteiger partial charge in [-0.3, -0.25) is 4.79 Å². The van der Waals surface area contributed by atoms with Crippen LogP contribution in [0.15, 0.2) is 65.6 Å². The van der Waals surface area contributed by atoms with Gasteiger partial charge in [0.25, 0.3) is 0 Å². The zero-order valence-electron chi connectivity index (χ0n) is 18.2. The van der Waals surface area contributed by atoms with E-state index in [1.165, 1.54) is 44.6 Å². The molecule has 180 valence electrons. The summed E-state index contributed by atoms with van der Waals surface area (Å²) >= 11 is 12.3. The number of benzene rings is 3. The summed E-state index contributed by atoms with van der Waals surface area (Å²) in [5.41, 5.74) is 0.971. The minimum absolute atomic E-state index is 0.0146. The van der Waals surface area contributed by atoms with E-state index in [1.807, 2.05) is 0 Å². The van der Waals surface area contributed by atoms with Gasteiger partial charge in [-0.1, -0.05) is 47.5 Å². The van der Waals surface area contributed by atoms with Crippen LogP contribution in [0, 0.1) is 0 Å². The third-order valence-electron chi connectivity index (χ3n) is 4.86. The number of hydrogen-bond donors (Lipinski definition) is 3. The lowest BCUT2D eigenvalue weighted by Gasteiger charge is -2.18. The van der Waals surface area contributed by atoms with Crippen LogP contribution in [0.3, 0.4) is 0 Å². The molecule has 0 heterocycles. The van der Waals surface area contributed by atoms with Gasteiger partial charge in [-0.25, -0.2) is 13.1 Å². The van der Waals surface area contributed by atoms with Crippen LogP contribution in [-0.4, -0.2) is 40.2 Å². The van der Waals surface area contributed by atoms with Crippen molar-refractivity contribution in [2.24, 2.45) is 0 Å². The molecule has 34 heavy (non-hydrogen) atoms. The Bertz CT molecular complexity index is 1300. The van der Waals surface area contributed by atoms with Gasteiger partial charge in [0.05, 0.1) is 20.8 Å². The van der Waals surface area contributed by atoms with Crippen molar-refractivity contribution in [3.8, 4) is 11.5 Å². The number of aliphatic hydroxyl groups excluding tert-OH is 1. The lowest BCUT2D eigenvalue weighted by atomic mass is 9.99. The summed E-state index contributed by atoms with van der Waals surface area (Å²) in [4.78, 5) is 12.4. The monoisotopic (exact) mass is 524 g/mol. The molecule has 0 saturated heterocycles. The van der Waals surface area contributed by atoms with E-state index in [2.05, 4.69) is 10.0 Å². The fourth-order valence-corrected chi connectivity index (χ4v) is 4.82. The van der Waals surface area contributed by atoms with Crippen molar-refractivity contribution in [1.29, 1.82) is 0 Å². The van der Waals surface area contributed by atoms with Gasteiger partial charge in [0, 0.05) is 26.9 Å². The summed E-state index contributed by atoms with van der Waals surface area (Å²) in [6.07, 6.45) is -1.18. The van der Waals surface area contributed by atoms with Crippen LogP contribution in [0.4, 0.5) is 5.69 Å². The van der Waals surface area contributed by atoms with E-state index in [1.54, 1.807) is 30.3 Å². The first-order chi connectivity index (χ1) is 16.2. The minimum Gasteiger partial charge on any atom is -0.493 e. The fraction of sp³-hybridized carbons (Fsp3) is 0.174. The number of amides is 1. The highest BCUT2D eigenvalue weighted by Crippen LogP contribution is 2.35. The zero-order chi connectivity index (χ0) is 24.9. The molecule has 0 radical (unpaired) electrons. The van der Waals surface area contributed by atoms with Gasteiger partial charge in [-0.15, -0.1) is 0 Å². The summed E-state index contributed by atoms with van der Waals surface area (Å²) in [6.45, 7) is -0.576. The van der Waals surface area contributed by atoms with E-state index in [9.17, 15) is 18.3 Å². The quantitative estimate of drug-likeness (QED) is 0.389. The summed E-state index contributed by atoms with van der Waals surface area (Å²) < 4.78 is 38.1. The number of anilines is 1. The molecule has 3 aromatic rings. The minimum atomic E-state index is -4.11. The highest BCUT2D eigenvalue weighted by molar-refractivity contribution is 7.89. The number of para-hydroxylation sites is 1. The van der Waals surface area contributed by atoms with Crippen molar-refractivity contribution < 1.29 is 27.8 Å². The molecule has 0 aliphatic rings. The lowest BCUT2D eigenvalue weighted by Crippen LogP contribution is -2.33. The average Bonchev–Trinajstić information content (AvgIpc) is 2.83. The molecule has 0 bridgehead atoms. The average molecular weight is 525 g/mol. The van der Waals surface area contributed by atoms with Crippen molar-refractivity contribution in [2.45, 2.75) is 11.0 Å². The maximum absolute atomic E-state index is 12.8. The predicted molar refractivity (Wildman–Crippen MR) is 130 cm³/mol. The second-order valence-corrected chi connectivity index (χ2v) is 9.60. The molecule has 0 aliphatic carbocycles. The number of methoxy groups -OCH3 is 2. The van der Waals surface area contributed by atoms with Gasteiger partial charge in [-0.2, -0.15) is 0 Å². The summed E-state index contributed by atoms with van der Waals surface area (Å²) in [7, 11) is -1.41. The lowest BCUT2D eigenvalue weighted by molar-refractivity contribution is -0.115. The fourth-order valence-electron chi connectivity index (χ4n) is 3.24. The molecule has 3 N–H and O–H groups in total. The summed E-state index contributed by atoms with van der Waals surface area (Å²) in [6, 6.07) is 15.6. The Morgan fingerprint density at radius 2 is 1.74 bits per heavy atom.